The van der Waals surface area contributed by atoms with E-state index in [9.17, 15) is 9.18 Å². The zero-order valence-electron chi connectivity index (χ0n) is 10.1. The molecule has 96 valence electrons. The largest absolute Gasteiger partial charge is 0.323 e. The Kier molecular flexibility index (Phi) is 3.14. The Bertz CT molecular complexity index is 534. The molecule has 1 aromatic carbocycles. The Hall–Kier alpha value is -1.43. The fourth-order valence-electron chi connectivity index (χ4n) is 2.26. The Morgan fingerprint density at radius 3 is 2.78 bits per heavy atom. The van der Waals surface area contributed by atoms with Gasteiger partial charge >= 0.3 is 6.03 Å². The van der Waals surface area contributed by atoms with Crippen molar-refractivity contribution in [3.05, 3.63) is 34.1 Å². The maximum atomic E-state index is 14.1. The lowest BCUT2D eigenvalue weighted by Crippen LogP contribution is -2.44. The Morgan fingerprint density at radius 1 is 1.56 bits per heavy atom. The van der Waals surface area contributed by atoms with Crippen LogP contribution in [0.4, 0.5) is 9.18 Å². The van der Waals surface area contributed by atoms with Crippen LogP contribution in [0.5, 0.6) is 0 Å². The normalized spacial score (nSPS) is 23.4. The maximum Gasteiger partial charge on any atom is 0.323 e. The van der Waals surface area contributed by atoms with E-state index in [0.717, 1.165) is 0 Å². The monoisotopic (exact) mass is 313 g/mol. The van der Waals surface area contributed by atoms with Crippen LogP contribution >= 0.6 is 15.9 Å². The van der Waals surface area contributed by atoms with Gasteiger partial charge in [-0.15, -0.1) is 0 Å². The predicted molar refractivity (Wildman–Crippen MR) is 70.1 cm³/mol. The number of nitrogens with one attached hydrogen (secondary N) is 2. The second-order valence-electron chi connectivity index (χ2n) is 4.25. The van der Waals surface area contributed by atoms with Crippen molar-refractivity contribution in [3.8, 4) is 0 Å². The third kappa shape index (κ3) is 1.71. The molecule has 2 N–H and O–H groups in total. The second-order valence-corrected chi connectivity index (χ2v) is 5.16. The van der Waals surface area contributed by atoms with Gasteiger partial charge in [0, 0.05) is 16.6 Å². The lowest BCUT2D eigenvalue weighted by Gasteiger charge is -2.33. The summed E-state index contributed by atoms with van der Waals surface area (Å²) in [6, 6.07) is 4.27. The zero-order chi connectivity index (χ0) is 13.5. The number of rotatable bonds is 2. The maximum absolute atomic E-state index is 14.1. The highest BCUT2D eigenvalue weighted by molar-refractivity contribution is 9.10. The van der Waals surface area contributed by atoms with Gasteiger partial charge in [-0.05, 0) is 26.0 Å². The fourth-order valence-corrected chi connectivity index (χ4v) is 2.59. The molecule has 0 radical (unpaired) electrons. The van der Waals surface area contributed by atoms with E-state index in [1.54, 1.807) is 26.0 Å². The Labute approximate surface area is 113 Å². The van der Waals surface area contributed by atoms with Gasteiger partial charge in [0.05, 0.1) is 0 Å². The van der Waals surface area contributed by atoms with Crippen molar-refractivity contribution in [2.24, 2.45) is 0 Å². The summed E-state index contributed by atoms with van der Waals surface area (Å²) in [6.07, 6.45) is 0. The molecule has 1 saturated heterocycles. The summed E-state index contributed by atoms with van der Waals surface area (Å²) >= 11 is 3.19. The van der Waals surface area contributed by atoms with Crippen LogP contribution in [-0.2, 0) is 5.54 Å². The average Bonchev–Trinajstić information content (AvgIpc) is 2.49. The van der Waals surface area contributed by atoms with Crippen LogP contribution in [0.15, 0.2) is 22.7 Å². The lowest BCUT2D eigenvalue weighted by atomic mass is 9.89. The average molecular weight is 314 g/mol. The van der Waals surface area contributed by atoms with Crippen molar-refractivity contribution in [1.82, 2.24) is 10.2 Å². The first kappa shape index (κ1) is 13.0. The van der Waals surface area contributed by atoms with E-state index >= 15 is 0 Å². The smallest absolute Gasteiger partial charge is 0.308 e. The number of halogens is 2. The van der Waals surface area contributed by atoms with Crippen LogP contribution in [-0.4, -0.2) is 23.3 Å². The number of hydrogen-bond donors (Lipinski definition) is 2. The summed E-state index contributed by atoms with van der Waals surface area (Å²) in [5.41, 5.74) is -0.757. The number of amides is 2. The van der Waals surface area contributed by atoms with Crippen molar-refractivity contribution < 1.29 is 9.18 Å². The van der Waals surface area contributed by atoms with Crippen molar-refractivity contribution in [3.63, 3.8) is 0 Å². The van der Waals surface area contributed by atoms with Crippen molar-refractivity contribution in [1.29, 1.82) is 5.41 Å². The minimum atomic E-state index is -1.07. The van der Waals surface area contributed by atoms with Crippen LogP contribution in [0.2, 0.25) is 0 Å². The Balaban J connectivity index is 2.59. The van der Waals surface area contributed by atoms with Gasteiger partial charge in [0.1, 0.15) is 17.2 Å². The van der Waals surface area contributed by atoms with Gasteiger partial charge in [0.2, 0.25) is 0 Å². The zero-order valence-corrected chi connectivity index (χ0v) is 11.6. The standard InChI is InChI=1S/C12H13BrFN3O/c1-3-17-11(18)16-10(15)12(17,2)8-5-4-7(13)6-9(8)14/h4-6H,3H2,1-2H3,(H2,15,16,18). The van der Waals surface area contributed by atoms with Gasteiger partial charge in [-0.1, -0.05) is 22.0 Å². The van der Waals surface area contributed by atoms with Gasteiger partial charge < -0.3 is 4.90 Å². The molecule has 0 bridgehead atoms. The number of carbonyl (C=O) groups excluding carboxylic acids is 1. The van der Waals surface area contributed by atoms with Crippen LogP contribution < -0.4 is 5.32 Å². The number of likely N-dealkylation sites (N-methyl/N-ethyl adjacent to an activating group) is 1. The number of carbonyl (C=O) groups is 1. The van der Waals surface area contributed by atoms with E-state index in [4.69, 9.17) is 5.41 Å². The predicted octanol–water partition coefficient (Wildman–Crippen LogP) is 2.83. The van der Waals surface area contributed by atoms with Crippen LogP contribution in [0.1, 0.15) is 19.4 Å². The summed E-state index contributed by atoms with van der Waals surface area (Å²) in [4.78, 5) is 13.2. The summed E-state index contributed by atoms with van der Waals surface area (Å²) < 4.78 is 14.7. The van der Waals surface area contributed by atoms with E-state index in [1.807, 2.05) is 0 Å². The molecule has 0 aromatic heterocycles. The molecule has 1 fully saturated rings. The molecule has 1 atom stereocenters. The summed E-state index contributed by atoms with van der Waals surface area (Å²) in [5.74, 6) is -0.442. The van der Waals surface area contributed by atoms with Gasteiger partial charge in [-0.3, -0.25) is 10.7 Å². The fraction of sp³-hybridized carbons (Fsp3) is 0.333. The molecule has 1 unspecified atom stereocenters. The molecule has 0 aliphatic carbocycles. The molecule has 1 aromatic rings. The van der Waals surface area contributed by atoms with E-state index < -0.39 is 11.4 Å². The number of urea groups is 1. The van der Waals surface area contributed by atoms with Crippen LogP contribution in [0.3, 0.4) is 0 Å². The first-order valence-corrected chi connectivity index (χ1v) is 6.33. The quantitative estimate of drug-likeness (QED) is 0.866. The molecular formula is C12H13BrFN3O. The molecule has 1 heterocycles. The molecular weight excluding hydrogens is 301 g/mol. The van der Waals surface area contributed by atoms with E-state index in [-0.39, 0.29) is 11.9 Å². The highest BCUT2D eigenvalue weighted by atomic mass is 79.9. The van der Waals surface area contributed by atoms with Gasteiger partial charge in [-0.2, -0.15) is 0 Å². The molecule has 18 heavy (non-hydrogen) atoms. The van der Waals surface area contributed by atoms with Gasteiger partial charge in [0.15, 0.2) is 0 Å². The molecule has 1 aliphatic rings. The van der Waals surface area contributed by atoms with Crippen molar-refractivity contribution in [2.45, 2.75) is 19.4 Å². The van der Waals surface area contributed by atoms with Gasteiger partial charge in [0.25, 0.3) is 0 Å². The summed E-state index contributed by atoms with van der Waals surface area (Å²) in [7, 11) is 0. The first-order valence-electron chi connectivity index (χ1n) is 5.54. The van der Waals surface area contributed by atoms with Crippen molar-refractivity contribution >= 4 is 27.8 Å². The van der Waals surface area contributed by atoms with Crippen molar-refractivity contribution in [2.75, 3.05) is 6.54 Å². The highest BCUT2D eigenvalue weighted by Gasteiger charge is 2.48. The van der Waals surface area contributed by atoms with E-state index in [1.165, 1.54) is 11.0 Å². The summed E-state index contributed by atoms with van der Waals surface area (Å²) in [6.45, 7) is 3.87. The third-order valence-electron chi connectivity index (χ3n) is 3.28. The molecule has 0 saturated carbocycles. The SMILES string of the molecule is CCN1C(=O)NC(=N)C1(C)c1ccc(Br)cc1F. The topological polar surface area (TPSA) is 56.2 Å². The molecule has 6 heteroatoms. The molecule has 4 nitrogen and oxygen atoms in total. The van der Waals surface area contributed by atoms with Crippen LogP contribution in [0, 0.1) is 11.2 Å². The number of benzene rings is 1. The minimum absolute atomic E-state index is 0.00410. The Morgan fingerprint density at radius 2 is 2.22 bits per heavy atom. The summed E-state index contributed by atoms with van der Waals surface area (Å²) in [5, 5.41) is 10.3. The van der Waals surface area contributed by atoms with Crippen LogP contribution in [0.25, 0.3) is 0 Å². The second kappa shape index (κ2) is 4.35. The third-order valence-corrected chi connectivity index (χ3v) is 3.77. The molecule has 2 amide bonds. The van der Waals surface area contributed by atoms with E-state index in [2.05, 4.69) is 21.2 Å². The molecule has 1 aliphatic heterocycles. The molecule has 0 spiro atoms. The lowest BCUT2D eigenvalue weighted by molar-refractivity contribution is 0.183. The minimum Gasteiger partial charge on any atom is -0.308 e. The number of nitrogens with zero attached hydrogens (tertiary/aromatic N) is 1. The molecule has 2 rings (SSSR count). The number of amidine groups is 1. The number of hydrogen-bond acceptors (Lipinski definition) is 2. The van der Waals surface area contributed by atoms with E-state index in [0.29, 0.717) is 16.6 Å². The van der Waals surface area contributed by atoms with Gasteiger partial charge in [-0.25, -0.2) is 9.18 Å². The first-order chi connectivity index (χ1) is 8.41. The highest BCUT2D eigenvalue weighted by Crippen LogP contribution is 2.35.